The van der Waals surface area contributed by atoms with E-state index >= 15 is 0 Å². The van der Waals surface area contributed by atoms with E-state index in [4.69, 9.17) is 18.9 Å². The number of carbonyl (C=O) groups excluding carboxylic acids is 3. The van der Waals surface area contributed by atoms with Gasteiger partial charge in [0, 0.05) is 12.8 Å². The number of carbonyl (C=O) groups is 3. The van der Waals surface area contributed by atoms with E-state index in [0.717, 1.165) is 38.5 Å². The highest BCUT2D eigenvalue weighted by atomic mass is 16.7. The van der Waals surface area contributed by atoms with Crippen LogP contribution in [0.2, 0.25) is 0 Å². The molecule has 478 valence electrons. The summed E-state index contributed by atoms with van der Waals surface area (Å²) < 4.78 is 22.8. The smallest absolute Gasteiger partial charge is 0.306 e. The molecule has 0 rings (SSSR count). The Balaban J connectivity index is 4.01. The third kappa shape index (κ3) is 65.2. The molecule has 9 nitrogen and oxygen atoms in total. The standard InChI is InChI=1S/C72H137NO8/c1-6-8-10-12-14-16-18-20-22-24-26-28-29-30-31-32-33-34-35-36-37-38-39-40-41-43-45-47-49-51-53-55-57-59-61-63-70(75)81-68(67-80-72(71(76)77)78-65-64-73(3,4)5)66-79-69(74)62-60-58-56-54-52-50-48-46-44-42-27-25-23-21-19-17-15-13-11-9-7-2/h24-27,68,72H,6-23,28-67H2,1-5H3/b26-24-,27-25-. The van der Waals surface area contributed by atoms with Crippen molar-refractivity contribution in [3.8, 4) is 0 Å². The number of carboxylic acid groups (broad SMARTS) is 1. The van der Waals surface area contributed by atoms with Gasteiger partial charge in [-0.3, -0.25) is 9.59 Å². The van der Waals surface area contributed by atoms with Crippen molar-refractivity contribution in [2.45, 2.75) is 373 Å². The van der Waals surface area contributed by atoms with Gasteiger partial charge in [-0.2, -0.15) is 0 Å². The van der Waals surface area contributed by atoms with Crippen molar-refractivity contribution < 1.29 is 42.9 Å². The van der Waals surface area contributed by atoms with E-state index in [-0.39, 0.29) is 32.2 Å². The second-order valence-corrected chi connectivity index (χ2v) is 25.5. The molecule has 81 heavy (non-hydrogen) atoms. The number of ether oxygens (including phenoxy) is 4. The number of nitrogens with zero attached hydrogens (tertiary/aromatic N) is 1. The van der Waals surface area contributed by atoms with E-state index in [1.165, 1.54) is 295 Å². The van der Waals surface area contributed by atoms with Crippen LogP contribution < -0.4 is 5.11 Å². The van der Waals surface area contributed by atoms with Crippen LogP contribution in [0.3, 0.4) is 0 Å². The Bertz CT molecular complexity index is 1380. The van der Waals surface area contributed by atoms with E-state index in [1.54, 1.807) is 0 Å². The van der Waals surface area contributed by atoms with Crippen LogP contribution in [0.25, 0.3) is 0 Å². The fraction of sp³-hybridized carbons (Fsp3) is 0.903. The van der Waals surface area contributed by atoms with Crippen molar-refractivity contribution in [1.82, 2.24) is 0 Å². The van der Waals surface area contributed by atoms with Gasteiger partial charge in [-0.05, 0) is 64.2 Å². The summed E-state index contributed by atoms with van der Waals surface area (Å²) in [4.78, 5) is 37.4. The Morgan fingerprint density at radius 2 is 0.630 bits per heavy atom. The number of esters is 2. The summed E-state index contributed by atoms with van der Waals surface area (Å²) in [6.07, 6.45) is 75.6. The van der Waals surface area contributed by atoms with Gasteiger partial charge in [0.05, 0.1) is 40.3 Å². The van der Waals surface area contributed by atoms with E-state index in [0.29, 0.717) is 17.4 Å². The molecule has 0 aromatic carbocycles. The third-order valence-electron chi connectivity index (χ3n) is 16.2. The van der Waals surface area contributed by atoms with Crippen LogP contribution in [0.5, 0.6) is 0 Å². The lowest BCUT2D eigenvalue weighted by atomic mass is 10.0. The SMILES string of the molecule is CCCCCCCCCC/C=C\CCCCCCCCCCCCCCCCCCCCCCCCCC(=O)OC(COC(=O)CCCCCCCCCCC/C=C\CCCCCCCCCC)COC(OCC[N+](C)(C)C)C(=O)[O-]. The molecule has 0 saturated carbocycles. The number of allylic oxidation sites excluding steroid dienone is 4. The van der Waals surface area contributed by atoms with Crippen molar-refractivity contribution in [1.29, 1.82) is 0 Å². The first kappa shape index (κ1) is 78.8. The molecule has 2 atom stereocenters. The molecule has 0 N–H and O–H groups in total. The molecule has 0 fully saturated rings. The number of hydrogen-bond acceptors (Lipinski definition) is 8. The molecular weight excluding hydrogens is 1010 g/mol. The first-order valence-corrected chi connectivity index (χ1v) is 35.5. The maximum absolute atomic E-state index is 12.9. The lowest BCUT2D eigenvalue weighted by molar-refractivity contribution is -0.870. The molecule has 0 aliphatic carbocycles. The van der Waals surface area contributed by atoms with Gasteiger partial charge in [0.25, 0.3) is 0 Å². The highest BCUT2D eigenvalue weighted by Crippen LogP contribution is 2.19. The topological polar surface area (TPSA) is 111 Å². The van der Waals surface area contributed by atoms with E-state index in [1.807, 2.05) is 21.1 Å². The van der Waals surface area contributed by atoms with Crippen molar-refractivity contribution in [3.63, 3.8) is 0 Å². The van der Waals surface area contributed by atoms with Crippen molar-refractivity contribution in [2.75, 3.05) is 47.5 Å². The van der Waals surface area contributed by atoms with Crippen LogP contribution in [-0.2, 0) is 33.3 Å². The van der Waals surface area contributed by atoms with Crippen LogP contribution in [0, 0.1) is 0 Å². The Kier molecular flexibility index (Phi) is 62.0. The van der Waals surface area contributed by atoms with Gasteiger partial charge in [-0.25, -0.2) is 0 Å². The first-order chi connectivity index (χ1) is 39.6. The summed E-state index contributed by atoms with van der Waals surface area (Å²) in [5, 5.41) is 11.8. The molecule has 0 spiro atoms. The fourth-order valence-corrected chi connectivity index (χ4v) is 10.7. The quantitative estimate of drug-likeness (QED) is 0.0195. The van der Waals surface area contributed by atoms with Crippen LogP contribution in [0.15, 0.2) is 24.3 Å². The predicted molar refractivity (Wildman–Crippen MR) is 343 cm³/mol. The van der Waals surface area contributed by atoms with Gasteiger partial charge in [0.1, 0.15) is 13.2 Å². The average Bonchev–Trinajstić information content (AvgIpc) is 3.44. The number of aliphatic carboxylic acids is 1. The van der Waals surface area contributed by atoms with Crippen LogP contribution in [0.1, 0.15) is 361 Å². The largest absolute Gasteiger partial charge is 0.545 e. The van der Waals surface area contributed by atoms with E-state index < -0.39 is 24.3 Å². The normalized spacial score (nSPS) is 12.8. The highest BCUT2D eigenvalue weighted by Gasteiger charge is 2.22. The summed E-state index contributed by atoms with van der Waals surface area (Å²) in [6, 6.07) is 0. The molecule has 0 aliphatic rings. The highest BCUT2D eigenvalue weighted by molar-refractivity contribution is 5.70. The average molecular weight is 1140 g/mol. The Hall–Kier alpha value is -2.23. The van der Waals surface area contributed by atoms with E-state index in [2.05, 4.69) is 38.2 Å². The summed E-state index contributed by atoms with van der Waals surface area (Å²) >= 11 is 0. The lowest BCUT2D eigenvalue weighted by Gasteiger charge is -2.26. The van der Waals surface area contributed by atoms with Gasteiger partial charge in [0.15, 0.2) is 12.4 Å². The molecule has 0 saturated heterocycles. The maximum atomic E-state index is 12.9. The number of quaternary nitrogens is 1. The lowest BCUT2D eigenvalue weighted by Crippen LogP contribution is -2.44. The van der Waals surface area contributed by atoms with Crippen LogP contribution in [-0.4, -0.2) is 82.3 Å². The summed E-state index contributed by atoms with van der Waals surface area (Å²) in [5.74, 6) is -2.26. The first-order valence-electron chi connectivity index (χ1n) is 35.5. The molecular formula is C72H137NO8. The zero-order chi connectivity index (χ0) is 59.1. The molecule has 9 heteroatoms. The Morgan fingerprint density at radius 1 is 0.358 bits per heavy atom. The van der Waals surface area contributed by atoms with Gasteiger partial charge in [-0.1, -0.05) is 308 Å². The molecule has 0 radical (unpaired) electrons. The number of carboxylic acids is 1. The van der Waals surface area contributed by atoms with Crippen LogP contribution >= 0.6 is 0 Å². The zero-order valence-electron chi connectivity index (χ0n) is 54.7. The number of likely N-dealkylation sites (N-methyl/N-ethyl adjacent to an activating group) is 1. The summed E-state index contributed by atoms with van der Waals surface area (Å²) in [6.45, 7) is 4.81. The minimum atomic E-state index is -1.62. The van der Waals surface area contributed by atoms with Gasteiger partial charge >= 0.3 is 11.9 Å². The molecule has 0 bridgehead atoms. The maximum Gasteiger partial charge on any atom is 0.306 e. The third-order valence-corrected chi connectivity index (χ3v) is 16.2. The van der Waals surface area contributed by atoms with Crippen molar-refractivity contribution >= 4 is 17.9 Å². The number of rotatable bonds is 67. The van der Waals surface area contributed by atoms with Gasteiger partial charge in [0.2, 0.25) is 0 Å². The Labute approximate surface area is 503 Å². The summed E-state index contributed by atoms with van der Waals surface area (Å²) in [7, 11) is 5.94. The van der Waals surface area contributed by atoms with Gasteiger partial charge in [-0.15, -0.1) is 0 Å². The fourth-order valence-electron chi connectivity index (χ4n) is 10.7. The summed E-state index contributed by atoms with van der Waals surface area (Å²) in [5.41, 5.74) is 0. The van der Waals surface area contributed by atoms with E-state index in [9.17, 15) is 19.5 Å². The molecule has 0 aliphatic heterocycles. The minimum Gasteiger partial charge on any atom is -0.545 e. The predicted octanol–water partition coefficient (Wildman–Crippen LogP) is 20.5. The van der Waals surface area contributed by atoms with Gasteiger partial charge < -0.3 is 33.3 Å². The second-order valence-electron chi connectivity index (χ2n) is 25.5. The second kappa shape index (κ2) is 63.8. The zero-order valence-corrected chi connectivity index (χ0v) is 54.7. The van der Waals surface area contributed by atoms with Crippen molar-refractivity contribution in [3.05, 3.63) is 24.3 Å². The molecule has 0 aromatic rings. The minimum absolute atomic E-state index is 0.151. The molecule has 0 aromatic heterocycles. The van der Waals surface area contributed by atoms with Crippen LogP contribution in [0.4, 0.5) is 0 Å². The number of unbranched alkanes of at least 4 members (excludes halogenated alkanes) is 48. The number of hydrogen-bond donors (Lipinski definition) is 0. The molecule has 0 heterocycles. The molecule has 2 unspecified atom stereocenters. The Morgan fingerprint density at radius 3 is 0.914 bits per heavy atom. The monoisotopic (exact) mass is 1140 g/mol. The molecule has 0 amide bonds. The van der Waals surface area contributed by atoms with Crippen molar-refractivity contribution in [2.24, 2.45) is 0 Å².